The van der Waals surface area contributed by atoms with Crippen LogP contribution in [-0.2, 0) is 16.1 Å². The fraction of sp³-hybridized carbons (Fsp3) is 0.571. The Kier molecular flexibility index (Phi) is 3.75. The number of pyridine rings is 1. The van der Waals surface area contributed by atoms with E-state index in [9.17, 15) is 4.79 Å². The quantitative estimate of drug-likeness (QED) is 0.815. The van der Waals surface area contributed by atoms with Gasteiger partial charge in [-0.05, 0) is 30.5 Å². The molecule has 0 aliphatic carbocycles. The Morgan fingerprint density at radius 2 is 2.37 bits per heavy atom. The molecule has 5 heteroatoms. The molecular formula is C14H19N3O2. The number of nitrogens with one attached hydrogen (secondary N) is 2. The van der Waals surface area contributed by atoms with E-state index in [-0.39, 0.29) is 11.8 Å². The SMILES string of the molecule is O=C(NCc1ccccn1)[C@@H]1COC[C@H]2CNC[C@H]21. The standard InChI is InChI=1S/C14H19N3O2/c18-14(17-6-11-3-1-2-4-16-11)13-9-19-8-10-5-15-7-12(10)13/h1-4,10,12-13,15H,5-9H2,(H,17,18)/t10-,12-,13-/m1/s1. The van der Waals surface area contributed by atoms with Crippen LogP contribution in [0.2, 0.25) is 0 Å². The van der Waals surface area contributed by atoms with E-state index in [0.717, 1.165) is 25.4 Å². The van der Waals surface area contributed by atoms with E-state index in [1.54, 1.807) is 6.20 Å². The van der Waals surface area contributed by atoms with E-state index in [0.29, 0.717) is 25.0 Å². The van der Waals surface area contributed by atoms with Crippen LogP contribution in [0.3, 0.4) is 0 Å². The molecule has 0 aromatic carbocycles. The Morgan fingerprint density at radius 1 is 1.42 bits per heavy atom. The lowest BCUT2D eigenvalue weighted by atomic mass is 9.82. The topological polar surface area (TPSA) is 63.2 Å². The molecule has 2 fully saturated rings. The first kappa shape index (κ1) is 12.6. The smallest absolute Gasteiger partial charge is 0.226 e. The van der Waals surface area contributed by atoms with Gasteiger partial charge in [-0.2, -0.15) is 0 Å². The normalized spacial score (nSPS) is 29.8. The molecule has 2 aliphatic heterocycles. The summed E-state index contributed by atoms with van der Waals surface area (Å²) in [5.41, 5.74) is 0.883. The van der Waals surface area contributed by atoms with Crippen molar-refractivity contribution in [2.75, 3.05) is 26.3 Å². The third kappa shape index (κ3) is 2.77. The van der Waals surface area contributed by atoms with Crippen molar-refractivity contribution in [1.29, 1.82) is 0 Å². The maximum absolute atomic E-state index is 12.3. The van der Waals surface area contributed by atoms with Crippen molar-refractivity contribution >= 4 is 5.91 Å². The van der Waals surface area contributed by atoms with Gasteiger partial charge in [0.1, 0.15) is 0 Å². The Balaban J connectivity index is 1.57. The molecule has 0 radical (unpaired) electrons. The number of carbonyl (C=O) groups excluding carboxylic acids is 1. The number of ether oxygens (including phenoxy) is 1. The summed E-state index contributed by atoms with van der Waals surface area (Å²) in [6.45, 7) is 3.70. The molecule has 0 unspecified atom stereocenters. The molecule has 2 aliphatic rings. The van der Waals surface area contributed by atoms with Gasteiger partial charge in [0.2, 0.25) is 5.91 Å². The van der Waals surface area contributed by atoms with E-state index in [1.165, 1.54) is 0 Å². The number of aromatic nitrogens is 1. The Labute approximate surface area is 112 Å². The molecule has 1 amide bonds. The summed E-state index contributed by atoms with van der Waals surface area (Å²) in [5, 5.41) is 6.32. The highest BCUT2D eigenvalue weighted by Crippen LogP contribution is 2.30. The van der Waals surface area contributed by atoms with Crippen molar-refractivity contribution in [3.05, 3.63) is 30.1 Å². The van der Waals surface area contributed by atoms with E-state index in [4.69, 9.17) is 4.74 Å². The summed E-state index contributed by atoms with van der Waals surface area (Å²) in [6, 6.07) is 5.71. The minimum atomic E-state index is -0.0301. The second-order valence-corrected chi connectivity index (χ2v) is 5.27. The number of hydrogen-bond donors (Lipinski definition) is 2. The summed E-state index contributed by atoms with van der Waals surface area (Å²) in [6.07, 6.45) is 1.74. The summed E-state index contributed by atoms with van der Waals surface area (Å²) in [4.78, 5) is 16.5. The molecule has 1 aromatic rings. The van der Waals surface area contributed by atoms with E-state index in [1.807, 2.05) is 18.2 Å². The highest BCUT2D eigenvalue weighted by atomic mass is 16.5. The first-order valence-electron chi connectivity index (χ1n) is 6.80. The summed E-state index contributed by atoms with van der Waals surface area (Å²) < 4.78 is 5.55. The number of amides is 1. The lowest BCUT2D eigenvalue weighted by Crippen LogP contribution is -2.44. The molecule has 0 bridgehead atoms. The summed E-state index contributed by atoms with van der Waals surface area (Å²) in [7, 11) is 0. The number of rotatable bonds is 3. The largest absolute Gasteiger partial charge is 0.380 e. The van der Waals surface area contributed by atoms with E-state index >= 15 is 0 Å². The molecule has 3 rings (SSSR count). The lowest BCUT2D eigenvalue weighted by molar-refractivity contribution is -0.133. The third-order valence-corrected chi connectivity index (χ3v) is 4.04. The molecule has 3 heterocycles. The maximum Gasteiger partial charge on any atom is 0.226 e. The number of nitrogens with zero attached hydrogens (tertiary/aromatic N) is 1. The molecule has 5 nitrogen and oxygen atoms in total. The molecular weight excluding hydrogens is 242 g/mol. The summed E-state index contributed by atoms with van der Waals surface area (Å²) in [5.74, 6) is 0.957. The van der Waals surface area contributed by atoms with Crippen LogP contribution in [0.15, 0.2) is 24.4 Å². The monoisotopic (exact) mass is 261 g/mol. The van der Waals surface area contributed by atoms with Crippen molar-refractivity contribution in [3.63, 3.8) is 0 Å². The first-order chi connectivity index (χ1) is 9.34. The number of fused-ring (bicyclic) bond motifs is 1. The number of hydrogen-bond acceptors (Lipinski definition) is 4. The average Bonchev–Trinajstić information content (AvgIpc) is 2.94. The number of carbonyl (C=O) groups is 1. The molecule has 102 valence electrons. The molecule has 0 spiro atoms. The van der Waals surface area contributed by atoms with Crippen molar-refractivity contribution < 1.29 is 9.53 Å². The second-order valence-electron chi connectivity index (χ2n) is 5.27. The van der Waals surface area contributed by atoms with Gasteiger partial charge < -0.3 is 15.4 Å². The van der Waals surface area contributed by atoms with E-state index < -0.39 is 0 Å². The Hall–Kier alpha value is -1.46. The molecule has 19 heavy (non-hydrogen) atoms. The predicted molar refractivity (Wildman–Crippen MR) is 70.2 cm³/mol. The van der Waals surface area contributed by atoms with Crippen LogP contribution >= 0.6 is 0 Å². The van der Waals surface area contributed by atoms with Crippen LogP contribution in [0.25, 0.3) is 0 Å². The van der Waals surface area contributed by atoms with Gasteiger partial charge in [-0.1, -0.05) is 6.07 Å². The zero-order chi connectivity index (χ0) is 13.1. The zero-order valence-corrected chi connectivity index (χ0v) is 10.8. The average molecular weight is 261 g/mol. The molecule has 3 atom stereocenters. The minimum absolute atomic E-state index is 0.0301. The van der Waals surface area contributed by atoms with Gasteiger partial charge in [0.25, 0.3) is 0 Å². The van der Waals surface area contributed by atoms with Crippen LogP contribution in [0.1, 0.15) is 5.69 Å². The Bertz CT molecular complexity index is 438. The highest BCUT2D eigenvalue weighted by molar-refractivity contribution is 5.79. The molecule has 1 aromatic heterocycles. The highest BCUT2D eigenvalue weighted by Gasteiger charge is 2.40. The van der Waals surface area contributed by atoms with Crippen LogP contribution < -0.4 is 10.6 Å². The van der Waals surface area contributed by atoms with Gasteiger partial charge in [0.05, 0.1) is 31.4 Å². The predicted octanol–water partition coefficient (Wildman–Crippen LogP) is 0.180. The van der Waals surface area contributed by atoms with E-state index in [2.05, 4.69) is 15.6 Å². The third-order valence-electron chi connectivity index (χ3n) is 4.04. The fourth-order valence-electron chi connectivity index (χ4n) is 2.96. The van der Waals surface area contributed by atoms with Gasteiger partial charge in [-0.3, -0.25) is 9.78 Å². The van der Waals surface area contributed by atoms with Crippen molar-refractivity contribution in [1.82, 2.24) is 15.6 Å². The second kappa shape index (κ2) is 5.67. The fourth-order valence-corrected chi connectivity index (χ4v) is 2.96. The lowest BCUT2D eigenvalue weighted by Gasteiger charge is -2.32. The van der Waals surface area contributed by atoms with Gasteiger partial charge in [-0.15, -0.1) is 0 Å². The summed E-state index contributed by atoms with van der Waals surface area (Å²) >= 11 is 0. The molecule has 2 N–H and O–H groups in total. The molecule has 0 saturated carbocycles. The van der Waals surface area contributed by atoms with Gasteiger partial charge in [0, 0.05) is 12.7 Å². The van der Waals surface area contributed by atoms with Gasteiger partial charge >= 0.3 is 0 Å². The minimum Gasteiger partial charge on any atom is -0.380 e. The van der Waals surface area contributed by atoms with Crippen molar-refractivity contribution in [3.8, 4) is 0 Å². The van der Waals surface area contributed by atoms with Crippen LogP contribution in [0, 0.1) is 17.8 Å². The van der Waals surface area contributed by atoms with Gasteiger partial charge in [0.15, 0.2) is 0 Å². The van der Waals surface area contributed by atoms with Crippen molar-refractivity contribution in [2.45, 2.75) is 6.54 Å². The maximum atomic E-state index is 12.3. The zero-order valence-electron chi connectivity index (χ0n) is 10.8. The first-order valence-corrected chi connectivity index (χ1v) is 6.80. The Morgan fingerprint density at radius 3 is 3.21 bits per heavy atom. The van der Waals surface area contributed by atoms with Gasteiger partial charge in [-0.25, -0.2) is 0 Å². The van der Waals surface area contributed by atoms with Crippen LogP contribution in [-0.4, -0.2) is 37.2 Å². The van der Waals surface area contributed by atoms with Crippen LogP contribution in [0.5, 0.6) is 0 Å². The van der Waals surface area contributed by atoms with Crippen LogP contribution in [0.4, 0.5) is 0 Å². The van der Waals surface area contributed by atoms with Crippen molar-refractivity contribution in [2.24, 2.45) is 17.8 Å². The molecule has 2 saturated heterocycles.